The fourth-order valence-electron chi connectivity index (χ4n) is 2.16. The summed E-state index contributed by atoms with van der Waals surface area (Å²) in [5, 5.41) is 0.174. The maximum absolute atomic E-state index is 6.62. The van der Waals surface area contributed by atoms with Crippen molar-refractivity contribution in [1.29, 1.82) is 0 Å². The van der Waals surface area contributed by atoms with Crippen LogP contribution in [-0.4, -0.2) is 14.5 Å². The first-order chi connectivity index (χ1) is 11.3. The van der Waals surface area contributed by atoms with Crippen LogP contribution in [0.25, 0.3) is 0 Å². The van der Waals surface area contributed by atoms with Gasteiger partial charge in [0.05, 0.1) is 6.54 Å². The molecule has 24 heavy (non-hydrogen) atoms. The smallest absolute Gasteiger partial charge is 0.193 e. The lowest BCUT2D eigenvalue weighted by Crippen LogP contribution is -2.42. The van der Waals surface area contributed by atoms with E-state index in [4.69, 9.17) is 4.43 Å². The average Bonchev–Trinajstić information content (AvgIpc) is 2.54. The van der Waals surface area contributed by atoms with Gasteiger partial charge in [-0.2, -0.15) is 0 Å². The molecule has 2 nitrogen and oxygen atoms in total. The Morgan fingerprint density at radius 3 is 2.04 bits per heavy atom. The van der Waals surface area contributed by atoms with Crippen LogP contribution in [0.3, 0.4) is 0 Å². The molecule has 0 amide bonds. The van der Waals surface area contributed by atoms with Gasteiger partial charge in [-0.3, -0.25) is 4.99 Å². The molecule has 0 fully saturated rings. The Bertz CT molecular complexity index is 645. The fourth-order valence-corrected chi connectivity index (χ4v) is 3.34. The molecule has 0 spiro atoms. The highest BCUT2D eigenvalue weighted by atomic mass is 28.4. The number of nitrogens with zero attached hydrogens (tertiary/aromatic N) is 1. The number of hydrogen-bond acceptors (Lipinski definition) is 2. The van der Waals surface area contributed by atoms with E-state index in [1.807, 2.05) is 30.5 Å². The Hall–Kier alpha value is -1.71. The van der Waals surface area contributed by atoms with Gasteiger partial charge in [0.1, 0.15) is 6.10 Å². The van der Waals surface area contributed by atoms with E-state index in [1.54, 1.807) is 0 Å². The van der Waals surface area contributed by atoms with Crippen molar-refractivity contribution in [3.8, 4) is 0 Å². The topological polar surface area (TPSA) is 21.6 Å². The molecule has 1 atom stereocenters. The molecule has 2 rings (SSSR count). The van der Waals surface area contributed by atoms with Gasteiger partial charge in [-0.25, -0.2) is 0 Å². The molecule has 128 valence electrons. The minimum Gasteiger partial charge on any atom is -0.405 e. The zero-order chi connectivity index (χ0) is 17.6. The van der Waals surface area contributed by atoms with Gasteiger partial charge in [0, 0.05) is 6.21 Å². The van der Waals surface area contributed by atoms with Crippen LogP contribution in [0.5, 0.6) is 0 Å². The minimum atomic E-state index is -1.87. The van der Waals surface area contributed by atoms with Crippen LogP contribution in [0.2, 0.25) is 18.1 Å². The molecule has 2 aromatic rings. The summed E-state index contributed by atoms with van der Waals surface area (Å²) in [7, 11) is -1.87. The maximum Gasteiger partial charge on any atom is 0.193 e. The predicted molar refractivity (Wildman–Crippen MR) is 106 cm³/mol. The summed E-state index contributed by atoms with van der Waals surface area (Å²) in [6, 6.07) is 20.7. The highest BCUT2D eigenvalue weighted by Gasteiger charge is 2.39. The van der Waals surface area contributed by atoms with Gasteiger partial charge in [0.15, 0.2) is 8.32 Å². The molecule has 0 aliphatic rings. The van der Waals surface area contributed by atoms with E-state index in [1.165, 1.54) is 11.1 Å². The zero-order valence-corrected chi connectivity index (χ0v) is 16.5. The van der Waals surface area contributed by atoms with E-state index >= 15 is 0 Å². The van der Waals surface area contributed by atoms with E-state index in [-0.39, 0.29) is 11.1 Å². The molecule has 0 aromatic heterocycles. The van der Waals surface area contributed by atoms with Crippen LogP contribution < -0.4 is 0 Å². The number of rotatable bonds is 6. The van der Waals surface area contributed by atoms with Crippen molar-refractivity contribution < 1.29 is 4.43 Å². The van der Waals surface area contributed by atoms with Crippen molar-refractivity contribution in [3.63, 3.8) is 0 Å². The van der Waals surface area contributed by atoms with Crippen molar-refractivity contribution >= 4 is 14.5 Å². The normalized spacial score (nSPS) is 14.0. The molecule has 0 N–H and O–H groups in total. The maximum atomic E-state index is 6.62. The number of aliphatic imine (C=N–C) groups is 1. The first-order valence-electron chi connectivity index (χ1n) is 8.56. The summed E-state index contributed by atoms with van der Waals surface area (Å²) in [5.41, 5.74) is 2.38. The van der Waals surface area contributed by atoms with Gasteiger partial charge in [0.2, 0.25) is 0 Å². The molecule has 2 aromatic carbocycles. The summed E-state index contributed by atoms with van der Waals surface area (Å²) in [6.45, 7) is 12.1. The van der Waals surface area contributed by atoms with Crippen LogP contribution in [-0.2, 0) is 11.0 Å². The Morgan fingerprint density at radius 2 is 1.50 bits per heavy atom. The Balaban J connectivity index is 2.18. The van der Waals surface area contributed by atoms with Gasteiger partial charge >= 0.3 is 0 Å². The van der Waals surface area contributed by atoms with E-state index < -0.39 is 8.32 Å². The molecule has 0 aliphatic carbocycles. The van der Waals surface area contributed by atoms with Crippen molar-refractivity contribution in [2.45, 2.75) is 51.6 Å². The fraction of sp³-hybridized carbons (Fsp3) is 0.381. The third-order valence-electron chi connectivity index (χ3n) is 4.71. The largest absolute Gasteiger partial charge is 0.405 e. The Kier molecular flexibility index (Phi) is 6.14. The summed E-state index contributed by atoms with van der Waals surface area (Å²) < 4.78 is 6.62. The molecule has 0 aliphatic heterocycles. The first kappa shape index (κ1) is 18.6. The minimum absolute atomic E-state index is 0.0872. The number of benzene rings is 2. The molecule has 0 unspecified atom stereocenters. The highest BCUT2D eigenvalue weighted by molar-refractivity contribution is 6.74. The summed E-state index contributed by atoms with van der Waals surface area (Å²) >= 11 is 0. The van der Waals surface area contributed by atoms with Gasteiger partial charge in [-0.1, -0.05) is 81.4 Å². The molecule has 0 radical (unpaired) electrons. The summed E-state index contributed by atoms with van der Waals surface area (Å²) in [4.78, 5) is 4.66. The SMILES string of the molecule is CC(C)(C)[Si](C)(C)O[C@@H](C=NCc1ccccc1)c1ccccc1. The van der Waals surface area contributed by atoms with Gasteiger partial charge in [-0.05, 0) is 29.3 Å². The first-order valence-corrected chi connectivity index (χ1v) is 11.5. The molecule has 0 heterocycles. The molecular weight excluding hydrogens is 310 g/mol. The van der Waals surface area contributed by atoms with Crippen LogP contribution in [0, 0.1) is 0 Å². The van der Waals surface area contributed by atoms with Crippen molar-refractivity contribution in [3.05, 3.63) is 71.8 Å². The Morgan fingerprint density at radius 1 is 0.958 bits per heavy atom. The number of hydrogen-bond donors (Lipinski definition) is 0. The summed E-state index contributed by atoms with van der Waals surface area (Å²) in [5.74, 6) is 0. The van der Waals surface area contributed by atoms with E-state index in [0.717, 1.165) is 0 Å². The monoisotopic (exact) mass is 339 g/mol. The van der Waals surface area contributed by atoms with Crippen LogP contribution in [0.1, 0.15) is 38.0 Å². The third-order valence-corrected chi connectivity index (χ3v) is 9.17. The quantitative estimate of drug-likeness (QED) is 0.466. The highest BCUT2D eigenvalue weighted by Crippen LogP contribution is 2.39. The van der Waals surface area contributed by atoms with E-state index in [9.17, 15) is 0 Å². The van der Waals surface area contributed by atoms with Crippen LogP contribution >= 0.6 is 0 Å². The molecule has 0 saturated heterocycles. The third kappa shape index (κ3) is 5.15. The zero-order valence-electron chi connectivity index (χ0n) is 15.5. The van der Waals surface area contributed by atoms with Gasteiger partial charge in [0.25, 0.3) is 0 Å². The standard InChI is InChI=1S/C21H29NOSi/c1-21(2,3)24(4,5)23-20(19-14-10-7-11-15-19)17-22-16-18-12-8-6-9-13-18/h6-15,17,20H,16H2,1-5H3/t20-/m0/s1. The second-order valence-corrected chi connectivity index (χ2v) is 12.4. The Labute approximate surface area is 147 Å². The van der Waals surface area contributed by atoms with E-state index in [2.05, 4.69) is 75.3 Å². The van der Waals surface area contributed by atoms with Gasteiger partial charge in [-0.15, -0.1) is 0 Å². The van der Waals surface area contributed by atoms with Crippen LogP contribution in [0.15, 0.2) is 65.7 Å². The summed E-state index contributed by atoms with van der Waals surface area (Å²) in [6.07, 6.45) is 1.89. The molecule has 3 heteroatoms. The lowest BCUT2D eigenvalue weighted by Gasteiger charge is -2.38. The lowest BCUT2D eigenvalue weighted by molar-refractivity contribution is 0.250. The average molecular weight is 340 g/mol. The van der Waals surface area contributed by atoms with Gasteiger partial charge < -0.3 is 4.43 Å². The molecule has 0 saturated carbocycles. The van der Waals surface area contributed by atoms with E-state index in [0.29, 0.717) is 6.54 Å². The second kappa shape index (κ2) is 7.91. The van der Waals surface area contributed by atoms with Crippen molar-refractivity contribution in [1.82, 2.24) is 0 Å². The molecular formula is C21H29NOSi. The molecule has 0 bridgehead atoms. The second-order valence-electron chi connectivity index (χ2n) is 7.68. The van der Waals surface area contributed by atoms with Crippen molar-refractivity contribution in [2.24, 2.45) is 4.99 Å². The lowest BCUT2D eigenvalue weighted by atomic mass is 10.1. The van der Waals surface area contributed by atoms with Crippen LogP contribution in [0.4, 0.5) is 0 Å². The van der Waals surface area contributed by atoms with Crippen molar-refractivity contribution in [2.75, 3.05) is 0 Å². The predicted octanol–water partition coefficient (Wildman–Crippen LogP) is 6.02.